The molecule has 0 saturated carbocycles. The van der Waals surface area contributed by atoms with E-state index in [1.54, 1.807) is 48.3 Å². The van der Waals surface area contributed by atoms with Gasteiger partial charge in [-0.15, -0.1) is 11.8 Å². The number of carbonyl (C=O) groups excluding carboxylic acids is 2. The van der Waals surface area contributed by atoms with Gasteiger partial charge in [0.15, 0.2) is 5.78 Å². The van der Waals surface area contributed by atoms with Gasteiger partial charge in [0, 0.05) is 53.2 Å². The van der Waals surface area contributed by atoms with Crippen LogP contribution in [0.2, 0.25) is 0 Å². The van der Waals surface area contributed by atoms with E-state index in [2.05, 4.69) is 15.2 Å². The zero-order valence-corrected chi connectivity index (χ0v) is 19.7. The van der Waals surface area contributed by atoms with Crippen molar-refractivity contribution < 1.29 is 14.5 Å². The molecule has 176 valence electrons. The number of hydrogen-bond acceptors (Lipinski definition) is 7. The van der Waals surface area contributed by atoms with Crippen molar-refractivity contribution in [1.29, 1.82) is 0 Å². The molecule has 4 heterocycles. The molecule has 2 saturated heterocycles. The number of non-ortho nitro benzene ring substituents is 1. The number of Topliss-reactive ketones (excluding diaryl/α,β-unsaturated/α-hetero) is 1. The number of nitro benzene ring substituents is 1. The second kappa shape index (κ2) is 8.00. The second-order valence-electron chi connectivity index (χ2n) is 9.24. The first-order valence-corrected chi connectivity index (χ1v) is 12.5. The summed E-state index contributed by atoms with van der Waals surface area (Å²) in [6.07, 6.45) is 1.58. The molecule has 0 unspecified atom stereocenters. The van der Waals surface area contributed by atoms with Crippen LogP contribution in [0.3, 0.4) is 0 Å². The van der Waals surface area contributed by atoms with E-state index in [1.807, 2.05) is 25.1 Å². The number of benzene rings is 2. The summed E-state index contributed by atoms with van der Waals surface area (Å²) < 4.78 is 0. The smallest absolute Gasteiger partial charge is 0.269 e. The molecule has 9 heteroatoms. The van der Waals surface area contributed by atoms with Gasteiger partial charge in [0.05, 0.1) is 10.8 Å². The molecule has 1 spiro atoms. The molecule has 3 aliphatic rings. The van der Waals surface area contributed by atoms with Crippen molar-refractivity contribution in [3.63, 3.8) is 0 Å². The van der Waals surface area contributed by atoms with E-state index < -0.39 is 16.4 Å². The van der Waals surface area contributed by atoms with E-state index in [0.717, 1.165) is 28.1 Å². The van der Waals surface area contributed by atoms with Gasteiger partial charge in [0.2, 0.25) is 5.91 Å². The van der Waals surface area contributed by atoms with Crippen molar-refractivity contribution in [2.24, 2.45) is 5.92 Å². The Hall–Kier alpha value is -3.56. The molecule has 0 aliphatic carbocycles. The molecule has 3 aromatic rings. The summed E-state index contributed by atoms with van der Waals surface area (Å²) >= 11 is 1.73. The number of nitrogens with one attached hydrogen (secondary N) is 1. The Kier molecular flexibility index (Phi) is 5.01. The number of rotatable bonds is 4. The third-order valence-corrected chi connectivity index (χ3v) is 8.50. The molecule has 4 atom stereocenters. The summed E-state index contributed by atoms with van der Waals surface area (Å²) in [7, 11) is 0. The van der Waals surface area contributed by atoms with Crippen LogP contribution < -0.4 is 5.32 Å². The van der Waals surface area contributed by atoms with Crippen LogP contribution in [-0.2, 0) is 10.3 Å². The number of hydrogen-bond donors (Lipinski definition) is 1. The Morgan fingerprint density at radius 1 is 1.20 bits per heavy atom. The number of amides is 1. The van der Waals surface area contributed by atoms with Gasteiger partial charge in [-0.05, 0) is 30.7 Å². The molecule has 0 bridgehead atoms. The largest absolute Gasteiger partial charge is 0.324 e. The van der Waals surface area contributed by atoms with Crippen LogP contribution in [0.15, 0.2) is 66.9 Å². The lowest BCUT2D eigenvalue weighted by molar-refractivity contribution is -0.384. The number of anilines is 1. The highest BCUT2D eigenvalue weighted by atomic mass is 32.2. The Balaban J connectivity index is 1.60. The molecule has 1 aromatic heterocycles. The molecule has 1 N–H and O–H groups in total. The minimum atomic E-state index is -1.18. The summed E-state index contributed by atoms with van der Waals surface area (Å²) in [6, 6.07) is 17.4. The first-order chi connectivity index (χ1) is 16.9. The van der Waals surface area contributed by atoms with Crippen molar-refractivity contribution in [2.75, 3.05) is 16.9 Å². The van der Waals surface area contributed by atoms with Gasteiger partial charge in [-0.2, -0.15) is 0 Å². The van der Waals surface area contributed by atoms with E-state index in [9.17, 15) is 19.7 Å². The molecule has 3 aliphatic heterocycles. The summed E-state index contributed by atoms with van der Waals surface area (Å²) in [4.78, 5) is 45.6. The second-order valence-corrected chi connectivity index (χ2v) is 10.2. The van der Waals surface area contributed by atoms with Crippen LogP contribution in [0.5, 0.6) is 0 Å². The van der Waals surface area contributed by atoms with E-state index in [1.165, 1.54) is 12.1 Å². The zero-order valence-electron chi connectivity index (χ0n) is 18.9. The Morgan fingerprint density at radius 3 is 2.71 bits per heavy atom. The maximum absolute atomic E-state index is 14.3. The number of nitro groups is 1. The maximum atomic E-state index is 14.3. The van der Waals surface area contributed by atoms with Gasteiger partial charge in [0.25, 0.3) is 5.69 Å². The molecule has 8 nitrogen and oxygen atoms in total. The van der Waals surface area contributed by atoms with Crippen LogP contribution in [0, 0.1) is 23.0 Å². The third-order valence-electron chi connectivity index (χ3n) is 7.46. The van der Waals surface area contributed by atoms with Gasteiger partial charge >= 0.3 is 0 Å². The molecule has 6 rings (SSSR count). The predicted molar refractivity (Wildman–Crippen MR) is 132 cm³/mol. The number of thioether (sulfide) groups is 1. The first-order valence-electron chi connectivity index (χ1n) is 11.4. The van der Waals surface area contributed by atoms with Crippen LogP contribution >= 0.6 is 11.8 Å². The summed E-state index contributed by atoms with van der Waals surface area (Å²) in [5.74, 6) is -0.113. The highest BCUT2D eigenvalue weighted by Gasteiger charge is 2.69. The van der Waals surface area contributed by atoms with Crippen molar-refractivity contribution in [2.45, 2.75) is 24.4 Å². The molecule has 0 radical (unpaired) electrons. The molecule has 2 aromatic carbocycles. The van der Waals surface area contributed by atoms with Crippen LogP contribution in [-0.4, -0.2) is 44.2 Å². The molecule has 2 fully saturated rings. The van der Waals surface area contributed by atoms with E-state index in [0.29, 0.717) is 11.6 Å². The van der Waals surface area contributed by atoms with Gasteiger partial charge in [-0.1, -0.05) is 35.9 Å². The van der Waals surface area contributed by atoms with Gasteiger partial charge in [0.1, 0.15) is 11.2 Å². The highest BCUT2D eigenvalue weighted by Crippen LogP contribution is 2.61. The minimum absolute atomic E-state index is 0.00806. The fourth-order valence-electron chi connectivity index (χ4n) is 6.05. The third kappa shape index (κ3) is 3.08. The van der Waals surface area contributed by atoms with Crippen molar-refractivity contribution in [3.8, 4) is 0 Å². The van der Waals surface area contributed by atoms with Crippen LogP contribution in [0.4, 0.5) is 11.4 Å². The fourth-order valence-corrected chi connectivity index (χ4v) is 7.37. The SMILES string of the molecule is Cc1ccc2c(c1)[C@]1(C(=O)N2)[C@H](C(=O)c2ccccn2)[C@@H](c2ccc([N+](=O)[O-])cc2)[C@@H]2CSCN21. The van der Waals surface area contributed by atoms with Gasteiger partial charge < -0.3 is 5.32 Å². The van der Waals surface area contributed by atoms with Gasteiger partial charge in [-0.3, -0.25) is 29.6 Å². The molecule has 35 heavy (non-hydrogen) atoms. The number of pyridine rings is 1. The lowest BCUT2D eigenvalue weighted by atomic mass is 9.70. The lowest BCUT2D eigenvalue weighted by Gasteiger charge is -2.36. The monoisotopic (exact) mass is 486 g/mol. The highest BCUT2D eigenvalue weighted by molar-refractivity contribution is 7.99. The quantitative estimate of drug-likeness (QED) is 0.336. The van der Waals surface area contributed by atoms with Crippen LogP contribution in [0.1, 0.15) is 33.1 Å². The van der Waals surface area contributed by atoms with E-state index >= 15 is 0 Å². The number of ketones is 1. The van der Waals surface area contributed by atoms with Crippen molar-refractivity contribution in [1.82, 2.24) is 9.88 Å². The normalized spacial score (nSPS) is 27.0. The first kappa shape index (κ1) is 21.9. The molecular weight excluding hydrogens is 464 g/mol. The van der Waals surface area contributed by atoms with Crippen LogP contribution in [0.25, 0.3) is 0 Å². The number of fused-ring (bicyclic) bond motifs is 4. The van der Waals surface area contributed by atoms with E-state index in [4.69, 9.17) is 0 Å². The summed E-state index contributed by atoms with van der Waals surface area (Å²) in [5.41, 5.74) is 2.47. The maximum Gasteiger partial charge on any atom is 0.269 e. The number of carbonyl (C=O) groups is 2. The topological polar surface area (TPSA) is 105 Å². The van der Waals surface area contributed by atoms with Crippen molar-refractivity contribution >= 4 is 34.8 Å². The zero-order chi connectivity index (χ0) is 24.3. The predicted octanol–water partition coefficient (Wildman–Crippen LogP) is 4.12. The Bertz CT molecular complexity index is 1360. The average Bonchev–Trinajstić information content (AvgIpc) is 3.53. The molecule has 1 amide bonds. The Morgan fingerprint density at radius 2 is 2.00 bits per heavy atom. The fraction of sp³-hybridized carbons (Fsp3) is 0.269. The summed E-state index contributed by atoms with van der Waals surface area (Å²) in [5, 5.41) is 14.3. The van der Waals surface area contributed by atoms with Gasteiger partial charge in [-0.25, -0.2) is 0 Å². The number of aryl methyl sites for hydroxylation is 1. The van der Waals surface area contributed by atoms with Crippen molar-refractivity contribution in [3.05, 3.63) is 99.4 Å². The standard InChI is InChI=1S/C26H22N4O4S/c1-15-5-10-19-18(12-15)26(25(32)28-19)23(24(31)20-4-2-3-11-27-20)22(21-13-35-14-29(21)26)16-6-8-17(9-7-16)30(33)34/h2-12,21-23H,13-14H2,1H3,(H,28,32)/t21-,22-,23-,26+/m0/s1. The average molecular weight is 487 g/mol. The molecular formula is C26H22N4O4S. The lowest BCUT2D eigenvalue weighted by Crippen LogP contribution is -2.52. The number of aromatic nitrogens is 1. The summed E-state index contributed by atoms with van der Waals surface area (Å²) in [6.45, 7) is 1.98. The minimum Gasteiger partial charge on any atom is -0.324 e. The number of nitrogens with zero attached hydrogens (tertiary/aromatic N) is 3. The Labute approximate surface area is 205 Å². The van der Waals surface area contributed by atoms with E-state index in [-0.39, 0.29) is 29.3 Å².